The minimum Gasteiger partial charge on any atom is -0.465 e. The zero-order valence-corrected chi connectivity index (χ0v) is 8.71. The number of carbonyl (C=O) groups is 1. The molecule has 0 amide bonds. The van der Waals surface area contributed by atoms with E-state index in [1.165, 1.54) is 0 Å². The summed E-state index contributed by atoms with van der Waals surface area (Å²) in [5.41, 5.74) is 5.46. The molecule has 0 spiro atoms. The van der Waals surface area contributed by atoms with Crippen molar-refractivity contribution in [3.63, 3.8) is 0 Å². The predicted octanol–water partition coefficient (Wildman–Crippen LogP) is 1.70. The zero-order chi connectivity index (χ0) is 10.1. The van der Waals surface area contributed by atoms with E-state index in [0.717, 1.165) is 25.7 Å². The molecule has 0 rings (SSSR count). The second kappa shape index (κ2) is 8.05. The Balaban J connectivity index is 3.64. The van der Waals surface area contributed by atoms with Crippen LogP contribution in [0.25, 0.3) is 0 Å². The van der Waals surface area contributed by atoms with E-state index in [1.807, 2.05) is 6.92 Å². The summed E-state index contributed by atoms with van der Waals surface area (Å²) >= 11 is 0. The highest BCUT2D eigenvalue weighted by atomic mass is 16.5. The lowest BCUT2D eigenvalue weighted by Gasteiger charge is -2.12. The van der Waals surface area contributed by atoms with Crippen LogP contribution < -0.4 is 5.73 Å². The van der Waals surface area contributed by atoms with E-state index in [0.29, 0.717) is 13.2 Å². The molecule has 1 unspecified atom stereocenters. The Bertz CT molecular complexity index is 137. The molecular formula is C10H21NO2. The Morgan fingerprint density at radius 2 is 2.08 bits per heavy atom. The van der Waals surface area contributed by atoms with Crippen molar-refractivity contribution in [1.29, 1.82) is 0 Å². The Kier molecular flexibility index (Phi) is 7.69. The number of hydrogen-bond acceptors (Lipinski definition) is 3. The normalized spacial score (nSPS) is 12.5. The van der Waals surface area contributed by atoms with Gasteiger partial charge in [0, 0.05) is 6.54 Å². The van der Waals surface area contributed by atoms with Gasteiger partial charge in [-0.15, -0.1) is 0 Å². The summed E-state index contributed by atoms with van der Waals surface area (Å²) in [7, 11) is 0. The van der Waals surface area contributed by atoms with E-state index < -0.39 is 0 Å². The fraction of sp³-hybridized carbons (Fsp3) is 0.900. The van der Waals surface area contributed by atoms with Crippen molar-refractivity contribution in [2.75, 3.05) is 13.2 Å². The lowest BCUT2D eigenvalue weighted by atomic mass is 10.0. The third-order valence-corrected chi connectivity index (χ3v) is 2.00. The maximum atomic E-state index is 11.3. The Morgan fingerprint density at radius 3 is 2.54 bits per heavy atom. The number of carbonyl (C=O) groups excluding carboxylic acids is 1. The molecule has 0 heterocycles. The summed E-state index contributed by atoms with van der Waals surface area (Å²) in [6.45, 7) is 5.05. The van der Waals surface area contributed by atoms with Gasteiger partial charge in [0.1, 0.15) is 0 Å². The highest BCUT2D eigenvalue weighted by Gasteiger charge is 2.16. The van der Waals surface area contributed by atoms with Crippen molar-refractivity contribution >= 4 is 5.97 Å². The van der Waals surface area contributed by atoms with Crippen molar-refractivity contribution in [2.45, 2.75) is 39.5 Å². The van der Waals surface area contributed by atoms with Gasteiger partial charge in [0.25, 0.3) is 0 Å². The number of unbranched alkanes of at least 4 members (excludes halogenated alkanes) is 1. The first kappa shape index (κ1) is 12.4. The minimum atomic E-state index is -0.127. The van der Waals surface area contributed by atoms with Gasteiger partial charge in [-0.25, -0.2) is 0 Å². The van der Waals surface area contributed by atoms with Crippen LogP contribution in [0.4, 0.5) is 0 Å². The van der Waals surface area contributed by atoms with E-state index >= 15 is 0 Å². The van der Waals surface area contributed by atoms with Gasteiger partial charge in [0.15, 0.2) is 0 Å². The maximum Gasteiger partial charge on any atom is 0.310 e. The summed E-state index contributed by atoms with van der Waals surface area (Å²) in [6, 6.07) is 0. The van der Waals surface area contributed by atoms with Crippen LogP contribution in [-0.4, -0.2) is 19.1 Å². The maximum absolute atomic E-state index is 11.3. The largest absolute Gasteiger partial charge is 0.465 e. The number of ether oxygens (including phenoxy) is 1. The molecule has 0 fully saturated rings. The van der Waals surface area contributed by atoms with Gasteiger partial charge in [-0.2, -0.15) is 0 Å². The van der Waals surface area contributed by atoms with Gasteiger partial charge in [0.2, 0.25) is 0 Å². The summed E-state index contributed by atoms with van der Waals surface area (Å²) in [4.78, 5) is 11.3. The third kappa shape index (κ3) is 5.64. The second-order valence-electron chi connectivity index (χ2n) is 3.24. The molecular weight excluding hydrogens is 166 g/mol. The summed E-state index contributed by atoms with van der Waals surface area (Å²) in [5.74, 6) is -0.223. The quantitative estimate of drug-likeness (QED) is 0.487. The molecule has 3 heteroatoms. The highest BCUT2D eigenvalue weighted by molar-refractivity contribution is 5.72. The van der Waals surface area contributed by atoms with Crippen LogP contribution >= 0.6 is 0 Å². The van der Waals surface area contributed by atoms with Crippen molar-refractivity contribution in [3.8, 4) is 0 Å². The van der Waals surface area contributed by atoms with Crippen LogP contribution in [0.15, 0.2) is 0 Å². The van der Waals surface area contributed by atoms with Crippen LogP contribution in [0, 0.1) is 5.92 Å². The Morgan fingerprint density at radius 1 is 1.38 bits per heavy atom. The minimum absolute atomic E-state index is 0.0955. The van der Waals surface area contributed by atoms with Crippen molar-refractivity contribution < 1.29 is 9.53 Å². The van der Waals surface area contributed by atoms with E-state index in [2.05, 4.69) is 6.92 Å². The van der Waals surface area contributed by atoms with Crippen molar-refractivity contribution in [2.24, 2.45) is 11.7 Å². The molecule has 2 N–H and O–H groups in total. The first-order valence-electron chi connectivity index (χ1n) is 5.12. The number of hydrogen-bond donors (Lipinski definition) is 1. The van der Waals surface area contributed by atoms with E-state index in [9.17, 15) is 4.79 Å². The lowest BCUT2D eigenvalue weighted by molar-refractivity contribution is -0.148. The van der Waals surface area contributed by atoms with Gasteiger partial charge < -0.3 is 10.5 Å². The topological polar surface area (TPSA) is 52.3 Å². The van der Waals surface area contributed by atoms with Gasteiger partial charge in [0.05, 0.1) is 12.5 Å². The van der Waals surface area contributed by atoms with E-state index in [-0.39, 0.29) is 11.9 Å². The average molecular weight is 187 g/mol. The standard InChI is InChI=1S/C10H21NO2/c1-3-5-7-13-10(12)9(8-11)6-4-2/h9H,3-8,11H2,1-2H3. The van der Waals surface area contributed by atoms with Gasteiger partial charge >= 0.3 is 5.97 Å². The number of nitrogens with two attached hydrogens (primary N) is 1. The van der Waals surface area contributed by atoms with Gasteiger partial charge in [-0.3, -0.25) is 4.79 Å². The summed E-state index contributed by atoms with van der Waals surface area (Å²) in [6.07, 6.45) is 3.80. The molecule has 78 valence electrons. The molecule has 3 nitrogen and oxygen atoms in total. The van der Waals surface area contributed by atoms with Gasteiger partial charge in [-0.05, 0) is 12.8 Å². The fourth-order valence-corrected chi connectivity index (χ4v) is 1.12. The van der Waals surface area contributed by atoms with Crippen LogP contribution in [0.5, 0.6) is 0 Å². The van der Waals surface area contributed by atoms with Gasteiger partial charge in [-0.1, -0.05) is 26.7 Å². The molecule has 0 aliphatic carbocycles. The first-order valence-corrected chi connectivity index (χ1v) is 5.12. The molecule has 0 aliphatic heterocycles. The fourth-order valence-electron chi connectivity index (χ4n) is 1.12. The smallest absolute Gasteiger partial charge is 0.310 e. The molecule has 1 atom stereocenters. The molecule has 0 bridgehead atoms. The molecule has 0 aromatic rings. The summed E-state index contributed by atoms with van der Waals surface area (Å²) < 4.78 is 5.07. The molecule has 0 saturated carbocycles. The van der Waals surface area contributed by atoms with E-state index in [4.69, 9.17) is 10.5 Å². The van der Waals surface area contributed by atoms with Crippen molar-refractivity contribution in [3.05, 3.63) is 0 Å². The average Bonchev–Trinajstić information content (AvgIpc) is 2.14. The Labute approximate surface area is 80.6 Å². The molecule has 0 aromatic carbocycles. The van der Waals surface area contributed by atoms with Crippen LogP contribution in [0.3, 0.4) is 0 Å². The Hall–Kier alpha value is -0.570. The highest BCUT2D eigenvalue weighted by Crippen LogP contribution is 2.07. The van der Waals surface area contributed by atoms with E-state index in [1.54, 1.807) is 0 Å². The second-order valence-corrected chi connectivity index (χ2v) is 3.24. The third-order valence-electron chi connectivity index (χ3n) is 2.00. The molecule has 0 saturated heterocycles. The van der Waals surface area contributed by atoms with Crippen LogP contribution in [0.2, 0.25) is 0 Å². The molecule has 13 heavy (non-hydrogen) atoms. The van der Waals surface area contributed by atoms with Crippen LogP contribution in [0.1, 0.15) is 39.5 Å². The van der Waals surface area contributed by atoms with Crippen LogP contribution in [-0.2, 0) is 9.53 Å². The summed E-state index contributed by atoms with van der Waals surface area (Å²) in [5, 5.41) is 0. The zero-order valence-electron chi connectivity index (χ0n) is 8.71. The predicted molar refractivity (Wildman–Crippen MR) is 53.3 cm³/mol. The number of rotatable bonds is 7. The molecule has 0 radical (unpaired) electrons. The molecule has 0 aromatic heterocycles. The first-order chi connectivity index (χ1) is 6.26. The lowest BCUT2D eigenvalue weighted by Crippen LogP contribution is -2.25. The SMILES string of the molecule is CCCCOC(=O)C(CN)CCC. The molecule has 0 aliphatic rings. The monoisotopic (exact) mass is 187 g/mol. The number of esters is 1. The van der Waals surface area contributed by atoms with Crippen molar-refractivity contribution in [1.82, 2.24) is 0 Å².